The van der Waals surface area contributed by atoms with Gasteiger partial charge < -0.3 is 9.64 Å². The Morgan fingerprint density at radius 2 is 1.83 bits per heavy atom. The molecule has 1 aliphatic rings. The summed E-state index contributed by atoms with van der Waals surface area (Å²) in [5.74, 6) is 0.905. The molecule has 0 radical (unpaired) electrons. The van der Waals surface area contributed by atoms with Crippen molar-refractivity contribution in [2.24, 2.45) is 0 Å². The first-order valence-corrected chi connectivity index (χ1v) is 8.53. The van der Waals surface area contributed by atoms with Crippen LogP contribution in [-0.4, -0.2) is 39.3 Å². The number of benzene rings is 1. The Balaban J connectivity index is 1.50. The molecular weight excluding hydrogens is 302 g/mol. The van der Waals surface area contributed by atoms with Crippen molar-refractivity contribution in [3.63, 3.8) is 0 Å². The number of aromatic nitrogens is 4. The molecule has 2 aromatic heterocycles. The number of piperidine rings is 1. The highest BCUT2D eigenvalue weighted by Gasteiger charge is 2.18. The monoisotopic (exact) mass is 323 g/mol. The van der Waals surface area contributed by atoms with Gasteiger partial charge in [0.25, 0.3) is 0 Å². The summed E-state index contributed by atoms with van der Waals surface area (Å²) in [4.78, 5) is 6.81. The van der Waals surface area contributed by atoms with E-state index in [1.807, 2.05) is 28.8 Å². The lowest BCUT2D eigenvalue weighted by atomic mass is 10.1. The molecule has 0 aliphatic carbocycles. The fourth-order valence-corrected chi connectivity index (χ4v) is 3.12. The number of nitrogens with zero attached hydrogens (tertiary/aromatic N) is 5. The highest BCUT2D eigenvalue weighted by atomic mass is 16.5. The normalized spacial score (nSPS) is 14.9. The summed E-state index contributed by atoms with van der Waals surface area (Å²) in [7, 11) is 0. The van der Waals surface area contributed by atoms with E-state index in [4.69, 9.17) is 4.74 Å². The van der Waals surface area contributed by atoms with E-state index in [-0.39, 0.29) is 0 Å². The molecule has 1 aliphatic heterocycles. The maximum Gasteiger partial charge on any atom is 0.321 e. The van der Waals surface area contributed by atoms with Gasteiger partial charge in [0.2, 0.25) is 5.65 Å². The molecule has 24 heavy (non-hydrogen) atoms. The van der Waals surface area contributed by atoms with Crippen LogP contribution in [-0.2, 0) is 6.42 Å². The van der Waals surface area contributed by atoms with Crippen LogP contribution >= 0.6 is 0 Å². The smallest absolute Gasteiger partial charge is 0.321 e. The quantitative estimate of drug-likeness (QED) is 0.722. The van der Waals surface area contributed by atoms with Gasteiger partial charge in [-0.15, -0.1) is 5.10 Å². The van der Waals surface area contributed by atoms with E-state index in [1.165, 1.54) is 24.8 Å². The average molecular weight is 323 g/mol. The van der Waals surface area contributed by atoms with E-state index in [0.717, 1.165) is 31.0 Å². The van der Waals surface area contributed by atoms with E-state index in [9.17, 15) is 0 Å². The van der Waals surface area contributed by atoms with Crippen LogP contribution in [0.25, 0.3) is 5.65 Å². The molecule has 4 rings (SSSR count). The Hall–Kier alpha value is -2.63. The molecule has 0 unspecified atom stereocenters. The molecule has 0 saturated carbocycles. The number of hydrogen-bond donors (Lipinski definition) is 0. The summed E-state index contributed by atoms with van der Waals surface area (Å²) < 4.78 is 7.74. The van der Waals surface area contributed by atoms with Crippen LogP contribution in [0.1, 0.15) is 24.8 Å². The predicted octanol–water partition coefficient (Wildman–Crippen LogP) is 2.74. The van der Waals surface area contributed by atoms with Crippen LogP contribution in [0, 0.1) is 0 Å². The summed E-state index contributed by atoms with van der Waals surface area (Å²) in [6.07, 6.45) is 8.21. The lowest BCUT2D eigenvalue weighted by molar-refractivity contribution is 0.293. The standard InChI is InChI=1S/C18H21N5O/c1-3-7-15(8-4-1)9-14-24-18-21-20-17-16(19-10-13-23(17)18)22-11-5-2-6-12-22/h1,3-4,7-8,10,13H,2,5-6,9,11-12,14H2. The molecule has 6 heteroatoms. The van der Waals surface area contributed by atoms with Crippen molar-refractivity contribution in [2.75, 3.05) is 24.6 Å². The Morgan fingerprint density at radius 3 is 2.67 bits per heavy atom. The second-order valence-electron chi connectivity index (χ2n) is 6.06. The van der Waals surface area contributed by atoms with Crippen LogP contribution in [0.15, 0.2) is 42.7 Å². The molecule has 0 amide bonds. The topological polar surface area (TPSA) is 55.6 Å². The summed E-state index contributed by atoms with van der Waals surface area (Å²) in [6, 6.07) is 10.8. The zero-order chi connectivity index (χ0) is 16.2. The number of ether oxygens (including phenoxy) is 1. The fraction of sp³-hybridized carbons (Fsp3) is 0.389. The third kappa shape index (κ3) is 3.04. The minimum absolute atomic E-state index is 0.529. The van der Waals surface area contributed by atoms with E-state index in [1.54, 1.807) is 6.20 Å². The van der Waals surface area contributed by atoms with E-state index in [2.05, 4.69) is 32.2 Å². The van der Waals surface area contributed by atoms with Crippen LogP contribution in [0.4, 0.5) is 5.82 Å². The number of fused-ring (bicyclic) bond motifs is 1. The summed E-state index contributed by atoms with van der Waals surface area (Å²) in [6.45, 7) is 2.64. The lowest BCUT2D eigenvalue weighted by Gasteiger charge is -2.27. The van der Waals surface area contributed by atoms with E-state index in [0.29, 0.717) is 12.6 Å². The van der Waals surface area contributed by atoms with E-state index < -0.39 is 0 Å². The van der Waals surface area contributed by atoms with Gasteiger partial charge in [-0.25, -0.2) is 9.38 Å². The largest absolute Gasteiger partial charge is 0.463 e. The predicted molar refractivity (Wildman–Crippen MR) is 92.5 cm³/mol. The average Bonchev–Trinajstić information content (AvgIpc) is 3.07. The van der Waals surface area contributed by atoms with Crippen molar-refractivity contribution in [3.05, 3.63) is 48.3 Å². The first kappa shape index (κ1) is 14.9. The van der Waals surface area contributed by atoms with Crippen LogP contribution in [0.5, 0.6) is 6.01 Å². The van der Waals surface area contributed by atoms with Crippen LogP contribution in [0.2, 0.25) is 0 Å². The molecule has 3 aromatic rings. The first-order valence-electron chi connectivity index (χ1n) is 8.53. The number of hydrogen-bond acceptors (Lipinski definition) is 5. The second kappa shape index (κ2) is 6.86. The van der Waals surface area contributed by atoms with Gasteiger partial charge in [0.05, 0.1) is 6.61 Å². The van der Waals surface area contributed by atoms with Gasteiger partial charge in [0.15, 0.2) is 5.82 Å². The van der Waals surface area contributed by atoms with Crippen molar-refractivity contribution < 1.29 is 4.74 Å². The SMILES string of the molecule is c1ccc(CCOc2nnc3c(N4CCCCC4)nccn23)cc1. The second-order valence-corrected chi connectivity index (χ2v) is 6.06. The van der Waals surface area contributed by atoms with Crippen molar-refractivity contribution in [3.8, 4) is 6.01 Å². The van der Waals surface area contributed by atoms with Gasteiger partial charge in [0.1, 0.15) is 0 Å². The first-order chi connectivity index (χ1) is 11.9. The van der Waals surface area contributed by atoms with Crippen LogP contribution in [0.3, 0.4) is 0 Å². The zero-order valence-electron chi connectivity index (χ0n) is 13.6. The Morgan fingerprint density at radius 1 is 1.00 bits per heavy atom. The van der Waals surface area contributed by atoms with Gasteiger partial charge in [-0.05, 0) is 24.8 Å². The minimum Gasteiger partial charge on any atom is -0.463 e. The molecule has 6 nitrogen and oxygen atoms in total. The summed E-state index contributed by atoms with van der Waals surface area (Å²) >= 11 is 0. The van der Waals surface area contributed by atoms with Crippen molar-refractivity contribution >= 4 is 11.5 Å². The Bertz CT molecular complexity index is 796. The molecule has 0 bridgehead atoms. The Kier molecular flexibility index (Phi) is 4.27. The Labute approximate surface area is 141 Å². The minimum atomic E-state index is 0.529. The fourth-order valence-electron chi connectivity index (χ4n) is 3.12. The molecule has 1 fully saturated rings. The third-order valence-electron chi connectivity index (χ3n) is 4.40. The van der Waals surface area contributed by atoms with Crippen molar-refractivity contribution in [2.45, 2.75) is 25.7 Å². The summed E-state index contributed by atoms with van der Waals surface area (Å²) in [5, 5.41) is 8.51. The van der Waals surface area contributed by atoms with Gasteiger partial charge in [-0.2, -0.15) is 0 Å². The molecule has 3 heterocycles. The lowest BCUT2D eigenvalue weighted by Crippen LogP contribution is -2.30. The van der Waals surface area contributed by atoms with Gasteiger partial charge in [-0.3, -0.25) is 0 Å². The molecule has 124 valence electrons. The van der Waals surface area contributed by atoms with Crippen molar-refractivity contribution in [1.82, 2.24) is 19.6 Å². The zero-order valence-corrected chi connectivity index (χ0v) is 13.6. The summed E-state index contributed by atoms with van der Waals surface area (Å²) in [5.41, 5.74) is 2.02. The highest BCUT2D eigenvalue weighted by molar-refractivity contribution is 5.64. The highest BCUT2D eigenvalue weighted by Crippen LogP contribution is 2.23. The van der Waals surface area contributed by atoms with Gasteiger partial charge in [0, 0.05) is 31.9 Å². The van der Waals surface area contributed by atoms with Gasteiger partial charge >= 0.3 is 6.01 Å². The molecule has 0 N–H and O–H groups in total. The molecule has 0 spiro atoms. The molecule has 0 atom stereocenters. The number of anilines is 1. The number of rotatable bonds is 5. The van der Waals surface area contributed by atoms with Gasteiger partial charge in [-0.1, -0.05) is 35.4 Å². The van der Waals surface area contributed by atoms with Crippen molar-refractivity contribution in [1.29, 1.82) is 0 Å². The van der Waals surface area contributed by atoms with E-state index >= 15 is 0 Å². The third-order valence-corrected chi connectivity index (χ3v) is 4.40. The maximum absolute atomic E-state index is 5.85. The molecular formula is C18H21N5O. The maximum atomic E-state index is 5.85. The molecule has 1 saturated heterocycles. The molecule has 1 aromatic carbocycles. The van der Waals surface area contributed by atoms with Crippen LogP contribution < -0.4 is 9.64 Å².